The maximum absolute atomic E-state index is 13.7. The zero-order valence-corrected chi connectivity index (χ0v) is 14.7. The molecule has 22 heavy (non-hydrogen) atoms. The molecule has 1 aliphatic heterocycles. The second kappa shape index (κ2) is 8.24. The number of piperazine rings is 1. The zero-order valence-electron chi connectivity index (χ0n) is 13.0. The van der Waals surface area contributed by atoms with Crippen LogP contribution in [0.3, 0.4) is 0 Å². The summed E-state index contributed by atoms with van der Waals surface area (Å²) >= 11 is 0. The summed E-state index contributed by atoms with van der Waals surface area (Å²) in [5.41, 5.74) is 0. The van der Waals surface area contributed by atoms with Gasteiger partial charge in [-0.15, -0.1) is 12.4 Å². The molecule has 1 fully saturated rings. The van der Waals surface area contributed by atoms with E-state index in [1.165, 1.54) is 22.5 Å². The van der Waals surface area contributed by atoms with E-state index in [0.717, 1.165) is 13.0 Å². The number of sulfonamides is 1. The lowest BCUT2D eigenvalue weighted by Gasteiger charge is -2.34. The third kappa shape index (κ3) is 4.65. The molecule has 7 heteroatoms. The Morgan fingerprint density at radius 1 is 1.14 bits per heavy atom. The predicted octanol–water partition coefficient (Wildman–Crippen LogP) is 2.60. The lowest BCUT2D eigenvalue weighted by atomic mass is 10.1. The topological polar surface area (TPSA) is 40.6 Å². The van der Waals surface area contributed by atoms with Crippen molar-refractivity contribution in [3.8, 4) is 0 Å². The van der Waals surface area contributed by atoms with Crippen LogP contribution in [0.2, 0.25) is 0 Å². The summed E-state index contributed by atoms with van der Waals surface area (Å²) < 4.78 is 40.0. The van der Waals surface area contributed by atoms with Crippen LogP contribution in [0.25, 0.3) is 0 Å². The average molecular weight is 351 g/mol. The highest BCUT2D eigenvalue weighted by atomic mass is 35.5. The molecule has 0 unspecified atom stereocenters. The van der Waals surface area contributed by atoms with E-state index in [4.69, 9.17) is 0 Å². The van der Waals surface area contributed by atoms with Crippen LogP contribution in [0.4, 0.5) is 4.39 Å². The van der Waals surface area contributed by atoms with Gasteiger partial charge in [0.05, 0.1) is 0 Å². The van der Waals surface area contributed by atoms with Gasteiger partial charge in [0.2, 0.25) is 10.0 Å². The molecule has 1 aromatic rings. The smallest absolute Gasteiger partial charge is 0.246 e. The summed E-state index contributed by atoms with van der Waals surface area (Å²) in [4.78, 5) is 2.05. The van der Waals surface area contributed by atoms with Gasteiger partial charge in [0.15, 0.2) is 0 Å². The minimum Gasteiger partial charge on any atom is -0.301 e. The molecule has 1 heterocycles. The molecule has 0 aromatic heterocycles. The third-order valence-corrected chi connectivity index (χ3v) is 5.74. The Bertz CT molecular complexity index is 573. The first-order valence-corrected chi connectivity index (χ1v) is 8.82. The van der Waals surface area contributed by atoms with E-state index < -0.39 is 15.8 Å². The molecule has 0 amide bonds. The lowest BCUT2D eigenvalue weighted by molar-refractivity contribution is 0.180. The number of nitrogens with zero attached hydrogens (tertiary/aromatic N) is 2. The lowest BCUT2D eigenvalue weighted by Crippen LogP contribution is -2.49. The van der Waals surface area contributed by atoms with Crippen LogP contribution in [-0.4, -0.2) is 50.3 Å². The predicted molar refractivity (Wildman–Crippen MR) is 88.3 cm³/mol. The highest BCUT2D eigenvalue weighted by Gasteiger charge is 2.30. The molecule has 2 rings (SSSR count). The number of hydrogen-bond acceptors (Lipinski definition) is 3. The van der Waals surface area contributed by atoms with E-state index in [9.17, 15) is 12.8 Å². The van der Waals surface area contributed by atoms with E-state index in [2.05, 4.69) is 18.7 Å². The standard InChI is InChI=1S/C15H23FN2O2S.ClH/c1-13(2)7-8-17-9-11-18(12-10-17)21(19,20)15-6-4-3-5-14(15)16;/h3-6,13H,7-12H2,1-2H3;1H. The van der Waals surface area contributed by atoms with Crippen molar-refractivity contribution in [2.24, 2.45) is 5.92 Å². The molecule has 1 aliphatic rings. The van der Waals surface area contributed by atoms with E-state index in [0.29, 0.717) is 32.1 Å². The van der Waals surface area contributed by atoms with Gasteiger partial charge in [-0.2, -0.15) is 4.31 Å². The molecule has 126 valence electrons. The largest absolute Gasteiger partial charge is 0.301 e. The monoisotopic (exact) mass is 350 g/mol. The van der Waals surface area contributed by atoms with Crippen LogP contribution in [0, 0.1) is 11.7 Å². The Kier molecular flexibility index (Phi) is 7.25. The minimum atomic E-state index is -3.72. The fraction of sp³-hybridized carbons (Fsp3) is 0.600. The third-order valence-electron chi connectivity index (χ3n) is 3.81. The number of hydrogen-bond donors (Lipinski definition) is 0. The van der Waals surface area contributed by atoms with Crippen LogP contribution >= 0.6 is 12.4 Å². The SMILES string of the molecule is CC(C)CCN1CCN(S(=O)(=O)c2ccccc2F)CC1.Cl. The first kappa shape index (κ1) is 19.4. The molecule has 0 aliphatic carbocycles. The molecule has 0 N–H and O–H groups in total. The van der Waals surface area contributed by atoms with Gasteiger partial charge < -0.3 is 4.90 Å². The Morgan fingerprint density at radius 3 is 2.27 bits per heavy atom. The molecule has 0 spiro atoms. The van der Waals surface area contributed by atoms with Gasteiger partial charge in [-0.1, -0.05) is 26.0 Å². The van der Waals surface area contributed by atoms with Crippen molar-refractivity contribution in [3.05, 3.63) is 30.1 Å². The van der Waals surface area contributed by atoms with Crippen LogP contribution in [-0.2, 0) is 10.0 Å². The quantitative estimate of drug-likeness (QED) is 0.819. The molecule has 0 saturated carbocycles. The first-order chi connectivity index (χ1) is 9.91. The van der Waals surface area contributed by atoms with Crippen LogP contribution in [0.1, 0.15) is 20.3 Å². The molecular formula is C15H24ClFN2O2S. The van der Waals surface area contributed by atoms with Crippen molar-refractivity contribution >= 4 is 22.4 Å². The van der Waals surface area contributed by atoms with Crippen molar-refractivity contribution in [3.63, 3.8) is 0 Å². The first-order valence-electron chi connectivity index (χ1n) is 7.38. The van der Waals surface area contributed by atoms with Gasteiger partial charge in [0.1, 0.15) is 10.7 Å². The summed E-state index contributed by atoms with van der Waals surface area (Å²) in [6.45, 7) is 7.62. The molecule has 1 saturated heterocycles. The summed E-state index contributed by atoms with van der Waals surface area (Å²) in [5, 5.41) is 0. The van der Waals surface area contributed by atoms with Crippen LogP contribution in [0.15, 0.2) is 29.2 Å². The van der Waals surface area contributed by atoms with Gasteiger partial charge >= 0.3 is 0 Å². The number of halogens is 2. The second-order valence-electron chi connectivity index (χ2n) is 5.86. The second-order valence-corrected chi connectivity index (χ2v) is 7.77. The van der Waals surface area contributed by atoms with Crippen LogP contribution in [0.5, 0.6) is 0 Å². The minimum absolute atomic E-state index is 0. The average Bonchev–Trinajstić information content (AvgIpc) is 2.46. The molecular weight excluding hydrogens is 327 g/mol. The Labute approximate surface area is 138 Å². The van der Waals surface area contributed by atoms with E-state index in [1.54, 1.807) is 6.07 Å². The zero-order chi connectivity index (χ0) is 15.5. The van der Waals surface area contributed by atoms with E-state index in [-0.39, 0.29) is 17.3 Å². The summed E-state index contributed by atoms with van der Waals surface area (Å²) in [6.07, 6.45) is 1.11. The molecule has 0 atom stereocenters. The molecule has 4 nitrogen and oxygen atoms in total. The highest BCUT2D eigenvalue weighted by molar-refractivity contribution is 7.89. The van der Waals surface area contributed by atoms with Gasteiger partial charge in [-0.3, -0.25) is 0 Å². The van der Waals surface area contributed by atoms with Crippen molar-refractivity contribution in [1.29, 1.82) is 0 Å². The Balaban J connectivity index is 0.00000242. The van der Waals surface area contributed by atoms with Crippen LogP contribution < -0.4 is 0 Å². The van der Waals surface area contributed by atoms with E-state index >= 15 is 0 Å². The van der Waals surface area contributed by atoms with Crippen molar-refractivity contribution in [2.45, 2.75) is 25.2 Å². The Hall–Kier alpha value is -0.690. The Morgan fingerprint density at radius 2 is 1.73 bits per heavy atom. The van der Waals surface area contributed by atoms with Gasteiger partial charge in [0, 0.05) is 26.2 Å². The maximum atomic E-state index is 13.7. The summed E-state index contributed by atoms with van der Waals surface area (Å²) in [6, 6.07) is 5.56. The maximum Gasteiger partial charge on any atom is 0.246 e. The normalized spacial score (nSPS) is 17.5. The van der Waals surface area contributed by atoms with Crippen molar-refractivity contribution in [2.75, 3.05) is 32.7 Å². The van der Waals surface area contributed by atoms with E-state index in [1.807, 2.05) is 0 Å². The highest BCUT2D eigenvalue weighted by Crippen LogP contribution is 2.20. The summed E-state index contributed by atoms with van der Waals surface area (Å²) in [7, 11) is -3.72. The molecule has 0 bridgehead atoms. The van der Waals surface area contributed by atoms with Crippen molar-refractivity contribution in [1.82, 2.24) is 9.21 Å². The van der Waals surface area contributed by atoms with Crippen molar-refractivity contribution < 1.29 is 12.8 Å². The van der Waals surface area contributed by atoms with Gasteiger partial charge in [-0.25, -0.2) is 12.8 Å². The fourth-order valence-corrected chi connectivity index (χ4v) is 3.91. The van der Waals surface area contributed by atoms with Gasteiger partial charge in [-0.05, 0) is 31.0 Å². The molecule has 0 radical (unpaired) electrons. The van der Waals surface area contributed by atoms with Gasteiger partial charge in [0.25, 0.3) is 0 Å². The number of benzene rings is 1. The molecule has 1 aromatic carbocycles. The number of rotatable bonds is 5. The fourth-order valence-electron chi connectivity index (χ4n) is 2.43. The summed E-state index contributed by atoms with van der Waals surface area (Å²) in [5.74, 6) is -0.0371.